The number of hydrogen-bond donors (Lipinski definition) is 1. The standard InChI is InChI=1S/C28H31F9N6O/c1-42-40-25(39-41-42)43(15-17-11-21(27(32,33)34)14-22(12-17)28(35,36)37)16-19-13-20(26(29,30)31)7-8-23(19)24(44-10-9-38)18-5-3-2-4-6-18/h7-8,11-14,18,24H,2-6,9-10,15-16,38H2,1H3. The van der Waals surface area contributed by atoms with Crippen molar-refractivity contribution in [1.82, 2.24) is 20.2 Å². The molecular formula is C28H31F9N6O. The fourth-order valence-corrected chi connectivity index (χ4v) is 5.44. The van der Waals surface area contributed by atoms with Gasteiger partial charge in [0.2, 0.25) is 0 Å². The van der Waals surface area contributed by atoms with E-state index in [1.807, 2.05) is 0 Å². The van der Waals surface area contributed by atoms with Crippen molar-refractivity contribution in [1.29, 1.82) is 0 Å². The van der Waals surface area contributed by atoms with E-state index in [0.717, 1.165) is 49.0 Å². The van der Waals surface area contributed by atoms with Gasteiger partial charge in [0, 0.05) is 19.6 Å². The number of hydrogen-bond acceptors (Lipinski definition) is 6. The minimum Gasteiger partial charge on any atom is -0.372 e. The summed E-state index contributed by atoms with van der Waals surface area (Å²) < 4.78 is 129. The molecular weight excluding hydrogens is 607 g/mol. The molecule has 7 nitrogen and oxygen atoms in total. The minimum absolute atomic E-state index is 0.00285. The molecule has 1 aromatic heterocycles. The predicted octanol–water partition coefficient (Wildman–Crippen LogP) is 7.07. The van der Waals surface area contributed by atoms with Gasteiger partial charge in [-0.25, -0.2) is 0 Å². The first kappa shape index (κ1) is 33.5. The summed E-state index contributed by atoms with van der Waals surface area (Å²) in [5, 5.41) is 11.6. The van der Waals surface area contributed by atoms with Crippen LogP contribution in [0.5, 0.6) is 0 Å². The second-order valence-electron chi connectivity index (χ2n) is 10.7. The van der Waals surface area contributed by atoms with Gasteiger partial charge in [-0.05, 0) is 71.0 Å². The monoisotopic (exact) mass is 638 g/mol. The van der Waals surface area contributed by atoms with Crippen molar-refractivity contribution >= 4 is 5.95 Å². The van der Waals surface area contributed by atoms with Crippen LogP contribution in [0.25, 0.3) is 0 Å². The Labute approximate surface area is 247 Å². The van der Waals surface area contributed by atoms with Gasteiger partial charge in [-0.2, -0.15) is 44.3 Å². The number of rotatable bonds is 10. The third-order valence-corrected chi connectivity index (χ3v) is 7.43. The maximum atomic E-state index is 13.9. The molecule has 1 aliphatic carbocycles. The summed E-state index contributed by atoms with van der Waals surface area (Å²) in [5.74, 6) is -0.245. The van der Waals surface area contributed by atoms with Crippen molar-refractivity contribution < 1.29 is 44.3 Å². The largest absolute Gasteiger partial charge is 0.416 e. The molecule has 1 unspecified atom stereocenters. The van der Waals surface area contributed by atoms with Gasteiger partial charge in [0.25, 0.3) is 5.95 Å². The molecule has 2 aromatic carbocycles. The molecule has 4 rings (SSSR count). The molecule has 0 spiro atoms. The highest BCUT2D eigenvalue weighted by Gasteiger charge is 2.38. The average Bonchev–Trinajstić information content (AvgIpc) is 3.38. The molecule has 0 saturated heterocycles. The molecule has 3 aromatic rings. The number of nitrogens with zero attached hydrogens (tertiary/aromatic N) is 5. The van der Waals surface area contributed by atoms with Crippen LogP contribution >= 0.6 is 0 Å². The number of ether oxygens (including phenoxy) is 1. The third kappa shape index (κ3) is 8.40. The van der Waals surface area contributed by atoms with Crippen LogP contribution in [0.15, 0.2) is 36.4 Å². The van der Waals surface area contributed by atoms with Crippen LogP contribution in [0.4, 0.5) is 45.5 Å². The van der Waals surface area contributed by atoms with E-state index in [4.69, 9.17) is 10.5 Å². The zero-order valence-electron chi connectivity index (χ0n) is 23.6. The van der Waals surface area contributed by atoms with Crippen molar-refractivity contribution in [3.63, 3.8) is 0 Å². The van der Waals surface area contributed by atoms with E-state index in [0.29, 0.717) is 17.7 Å². The van der Waals surface area contributed by atoms with Crippen LogP contribution in [0.3, 0.4) is 0 Å². The van der Waals surface area contributed by atoms with Gasteiger partial charge < -0.3 is 15.4 Å². The SMILES string of the molecule is Cn1nnc(N(Cc2cc(C(F)(F)F)cc(C(F)(F)F)c2)Cc2cc(C(F)(F)F)ccc2C(OCCN)C2CCCCC2)n1. The third-order valence-electron chi connectivity index (χ3n) is 7.43. The van der Waals surface area contributed by atoms with E-state index < -0.39 is 60.0 Å². The van der Waals surface area contributed by atoms with Crippen LogP contribution < -0.4 is 10.6 Å². The first-order valence-corrected chi connectivity index (χ1v) is 13.8. The molecule has 1 aliphatic rings. The number of anilines is 1. The highest BCUT2D eigenvalue weighted by Crippen LogP contribution is 2.41. The van der Waals surface area contributed by atoms with Crippen LogP contribution in [-0.2, 0) is 43.4 Å². The number of alkyl halides is 9. The van der Waals surface area contributed by atoms with Gasteiger partial charge in [-0.3, -0.25) is 0 Å². The molecule has 1 fully saturated rings. The second-order valence-corrected chi connectivity index (χ2v) is 10.7. The van der Waals surface area contributed by atoms with E-state index in [1.165, 1.54) is 18.0 Å². The predicted molar refractivity (Wildman–Crippen MR) is 141 cm³/mol. The van der Waals surface area contributed by atoms with Crippen molar-refractivity contribution in [2.24, 2.45) is 18.7 Å². The zero-order chi connectivity index (χ0) is 32.3. The summed E-state index contributed by atoms with van der Waals surface area (Å²) in [6.45, 7) is -0.725. The summed E-state index contributed by atoms with van der Waals surface area (Å²) in [5.41, 5.74) is 1.73. The number of aryl methyl sites for hydroxylation is 1. The van der Waals surface area contributed by atoms with Crippen LogP contribution in [0, 0.1) is 5.92 Å². The lowest BCUT2D eigenvalue weighted by Crippen LogP contribution is -2.28. The number of aromatic nitrogens is 4. The molecule has 0 radical (unpaired) electrons. The fraction of sp³-hybridized carbons (Fsp3) is 0.536. The van der Waals surface area contributed by atoms with Crippen LogP contribution in [0.1, 0.15) is 71.6 Å². The molecule has 44 heavy (non-hydrogen) atoms. The Morgan fingerprint density at radius 2 is 1.48 bits per heavy atom. The van der Waals surface area contributed by atoms with Gasteiger partial charge in [-0.15, -0.1) is 5.10 Å². The van der Waals surface area contributed by atoms with Crippen LogP contribution in [0.2, 0.25) is 0 Å². The smallest absolute Gasteiger partial charge is 0.372 e. The maximum absolute atomic E-state index is 13.9. The van der Waals surface area contributed by atoms with Gasteiger partial charge in [-0.1, -0.05) is 30.4 Å². The highest BCUT2D eigenvalue weighted by molar-refractivity contribution is 5.42. The Kier molecular flexibility index (Phi) is 10.1. The quantitative estimate of drug-likeness (QED) is 0.239. The Balaban J connectivity index is 1.82. The van der Waals surface area contributed by atoms with Gasteiger partial charge in [0.05, 0.1) is 36.4 Å². The number of benzene rings is 2. The van der Waals surface area contributed by atoms with Crippen LogP contribution in [-0.4, -0.2) is 33.4 Å². The summed E-state index contributed by atoms with van der Waals surface area (Å²) in [6.07, 6.45) is -11.2. The number of tetrazole rings is 1. The maximum Gasteiger partial charge on any atom is 0.416 e. The van der Waals surface area contributed by atoms with Crippen molar-refractivity contribution in [3.05, 3.63) is 69.8 Å². The molecule has 1 heterocycles. The topological polar surface area (TPSA) is 82.1 Å². The lowest BCUT2D eigenvalue weighted by Gasteiger charge is -2.33. The number of nitrogens with two attached hydrogens (primary N) is 1. The Morgan fingerprint density at radius 1 is 0.864 bits per heavy atom. The van der Waals surface area contributed by atoms with Gasteiger partial charge in [0.15, 0.2) is 0 Å². The lowest BCUT2D eigenvalue weighted by molar-refractivity contribution is -0.143. The lowest BCUT2D eigenvalue weighted by atomic mass is 9.81. The van der Waals surface area contributed by atoms with Crippen molar-refractivity contribution in [3.8, 4) is 0 Å². The van der Waals surface area contributed by atoms with E-state index in [2.05, 4.69) is 15.4 Å². The van der Waals surface area contributed by atoms with E-state index in [-0.39, 0.29) is 36.6 Å². The summed E-state index contributed by atoms with van der Waals surface area (Å²) in [7, 11) is 1.39. The Hall–Kier alpha value is -3.40. The number of halogens is 9. The highest BCUT2D eigenvalue weighted by atomic mass is 19.4. The molecule has 16 heteroatoms. The zero-order valence-corrected chi connectivity index (χ0v) is 23.6. The molecule has 1 saturated carbocycles. The van der Waals surface area contributed by atoms with E-state index in [9.17, 15) is 39.5 Å². The summed E-state index contributed by atoms with van der Waals surface area (Å²) in [4.78, 5) is 2.19. The van der Waals surface area contributed by atoms with E-state index >= 15 is 0 Å². The fourth-order valence-electron chi connectivity index (χ4n) is 5.44. The molecule has 242 valence electrons. The molecule has 0 aliphatic heterocycles. The average molecular weight is 639 g/mol. The van der Waals surface area contributed by atoms with E-state index in [1.54, 1.807) is 0 Å². The second kappa shape index (κ2) is 13.3. The normalized spacial score (nSPS) is 15.9. The first-order valence-electron chi connectivity index (χ1n) is 13.8. The van der Waals surface area contributed by atoms with Gasteiger partial charge >= 0.3 is 18.5 Å². The minimum atomic E-state index is -5.09. The Morgan fingerprint density at radius 3 is 2.00 bits per heavy atom. The first-order chi connectivity index (χ1) is 20.6. The van der Waals surface area contributed by atoms with Crippen molar-refractivity contribution in [2.75, 3.05) is 18.1 Å². The molecule has 1 atom stereocenters. The summed E-state index contributed by atoms with van der Waals surface area (Å²) >= 11 is 0. The molecule has 0 amide bonds. The molecule has 2 N–H and O–H groups in total. The van der Waals surface area contributed by atoms with Gasteiger partial charge in [0.1, 0.15) is 0 Å². The molecule has 0 bridgehead atoms. The summed E-state index contributed by atoms with van der Waals surface area (Å²) in [6, 6.07) is 4.26. The Bertz CT molecular complexity index is 1370. The van der Waals surface area contributed by atoms with Crippen molar-refractivity contribution in [2.45, 2.75) is 69.8 Å².